The molecule has 16 heavy (non-hydrogen) atoms. The maximum atomic E-state index is 11.4. The van der Waals surface area contributed by atoms with Crippen molar-refractivity contribution >= 4 is 5.97 Å². The van der Waals surface area contributed by atoms with Crippen LogP contribution in [0.3, 0.4) is 0 Å². The van der Waals surface area contributed by atoms with Gasteiger partial charge < -0.3 is 9.84 Å². The first kappa shape index (κ1) is 15.4. The largest absolute Gasteiger partial charge is 0.480 e. The zero-order chi connectivity index (χ0) is 12.8. The molecule has 0 bridgehead atoms. The molecule has 0 saturated carbocycles. The number of carbonyl (C=O) groups is 1. The van der Waals surface area contributed by atoms with E-state index in [1.54, 1.807) is 14.0 Å². The molecule has 0 aromatic carbocycles. The second-order valence-corrected chi connectivity index (χ2v) is 4.93. The van der Waals surface area contributed by atoms with Gasteiger partial charge in [-0.3, -0.25) is 9.69 Å². The number of rotatable bonds is 8. The number of carboxylic acids is 1. The molecule has 96 valence electrons. The Bertz CT molecular complexity index is 218. The number of hydrogen-bond donors (Lipinski definition) is 1. The summed E-state index contributed by atoms with van der Waals surface area (Å²) in [5.74, 6) is -0.235. The van der Waals surface area contributed by atoms with E-state index < -0.39 is 11.5 Å². The normalized spacial score (nSPS) is 15.4. The minimum Gasteiger partial charge on any atom is -0.480 e. The van der Waals surface area contributed by atoms with E-state index in [0.29, 0.717) is 25.5 Å². The lowest BCUT2D eigenvalue weighted by molar-refractivity contribution is -0.150. The maximum Gasteiger partial charge on any atom is 0.323 e. The summed E-state index contributed by atoms with van der Waals surface area (Å²) >= 11 is 0. The van der Waals surface area contributed by atoms with Gasteiger partial charge in [0.1, 0.15) is 5.54 Å². The zero-order valence-electron chi connectivity index (χ0n) is 11.1. The van der Waals surface area contributed by atoms with Crippen molar-refractivity contribution in [1.82, 2.24) is 4.90 Å². The van der Waals surface area contributed by atoms with Crippen LogP contribution in [0.5, 0.6) is 0 Å². The van der Waals surface area contributed by atoms with E-state index in [-0.39, 0.29) is 0 Å². The van der Waals surface area contributed by atoms with Crippen LogP contribution in [0, 0.1) is 5.92 Å². The number of methoxy groups -OCH3 is 1. The molecular formula is C12H25NO3. The van der Waals surface area contributed by atoms with Crippen LogP contribution in [-0.4, -0.2) is 48.8 Å². The van der Waals surface area contributed by atoms with Gasteiger partial charge in [-0.05, 0) is 32.7 Å². The standard InChI is InChI=1S/C12H25NO3/c1-10(2)6-7-12(3,11(14)15)13(4)8-9-16-5/h10H,6-9H2,1-5H3,(H,14,15). The molecule has 0 aliphatic heterocycles. The molecule has 0 heterocycles. The predicted octanol–water partition coefficient (Wildman–Crippen LogP) is 1.84. The van der Waals surface area contributed by atoms with Crippen molar-refractivity contribution in [3.05, 3.63) is 0 Å². The van der Waals surface area contributed by atoms with Crippen molar-refractivity contribution in [2.24, 2.45) is 5.92 Å². The van der Waals surface area contributed by atoms with E-state index in [2.05, 4.69) is 13.8 Å². The molecule has 4 heteroatoms. The van der Waals surface area contributed by atoms with Gasteiger partial charge in [0, 0.05) is 13.7 Å². The predicted molar refractivity (Wildman–Crippen MR) is 64.6 cm³/mol. The average Bonchev–Trinajstić information content (AvgIpc) is 2.21. The van der Waals surface area contributed by atoms with E-state index >= 15 is 0 Å². The molecule has 1 N–H and O–H groups in total. The van der Waals surface area contributed by atoms with E-state index in [0.717, 1.165) is 6.42 Å². The lowest BCUT2D eigenvalue weighted by Gasteiger charge is -2.35. The quantitative estimate of drug-likeness (QED) is 0.692. The number of likely N-dealkylation sites (N-methyl/N-ethyl adjacent to an activating group) is 1. The van der Waals surface area contributed by atoms with Crippen LogP contribution < -0.4 is 0 Å². The molecule has 0 radical (unpaired) electrons. The fourth-order valence-electron chi connectivity index (χ4n) is 1.51. The monoisotopic (exact) mass is 231 g/mol. The summed E-state index contributed by atoms with van der Waals surface area (Å²) in [7, 11) is 3.47. The van der Waals surface area contributed by atoms with Gasteiger partial charge in [-0.15, -0.1) is 0 Å². The van der Waals surface area contributed by atoms with Crippen molar-refractivity contribution in [3.8, 4) is 0 Å². The maximum absolute atomic E-state index is 11.4. The molecule has 0 spiro atoms. The molecule has 0 aliphatic carbocycles. The van der Waals surface area contributed by atoms with Crippen LogP contribution in [0.25, 0.3) is 0 Å². The average molecular weight is 231 g/mol. The second-order valence-electron chi connectivity index (χ2n) is 4.93. The van der Waals surface area contributed by atoms with Crippen LogP contribution in [0.15, 0.2) is 0 Å². The molecule has 0 aliphatic rings. The Labute approximate surface area is 98.6 Å². The SMILES string of the molecule is COCCN(C)C(C)(CCC(C)C)C(=O)O. The summed E-state index contributed by atoms with van der Waals surface area (Å²) in [5, 5.41) is 9.33. The third kappa shape index (κ3) is 4.49. The summed E-state index contributed by atoms with van der Waals surface area (Å²) in [6.07, 6.45) is 1.58. The molecule has 0 aromatic rings. The fourth-order valence-corrected chi connectivity index (χ4v) is 1.51. The summed E-state index contributed by atoms with van der Waals surface area (Å²) < 4.78 is 4.98. The summed E-state index contributed by atoms with van der Waals surface area (Å²) in [6.45, 7) is 7.20. The second kappa shape index (κ2) is 6.86. The zero-order valence-corrected chi connectivity index (χ0v) is 11.1. The van der Waals surface area contributed by atoms with E-state index in [1.807, 2.05) is 11.9 Å². The van der Waals surface area contributed by atoms with Gasteiger partial charge >= 0.3 is 5.97 Å². The van der Waals surface area contributed by atoms with Crippen molar-refractivity contribution in [2.75, 3.05) is 27.3 Å². The Balaban J connectivity index is 4.48. The molecule has 0 rings (SSSR count). The van der Waals surface area contributed by atoms with Crippen molar-refractivity contribution < 1.29 is 14.6 Å². The molecule has 0 amide bonds. The molecule has 1 unspecified atom stereocenters. The highest BCUT2D eigenvalue weighted by molar-refractivity contribution is 5.78. The lowest BCUT2D eigenvalue weighted by atomic mass is 9.90. The first-order chi connectivity index (χ1) is 7.34. The first-order valence-electron chi connectivity index (χ1n) is 5.78. The van der Waals surface area contributed by atoms with E-state index in [4.69, 9.17) is 4.74 Å². The van der Waals surface area contributed by atoms with Crippen molar-refractivity contribution in [3.63, 3.8) is 0 Å². The van der Waals surface area contributed by atoms with Crippen LogP contribution >= 0.6 is 0 Å². The van der Waals surface area contributed by atoms with Gasteiger partial charge in [-0.2, -0.15) is 0 Å². The number of nitrogens with zero attached hydrogens (tertiary/aromatic N) is 1. The Kier molecular flexibility index (Phi) is 6.60. The van der Waals surface area contributed by atoms with Gasteiger partial charge in [0.2, 0.25) is 0 Å². The Hall–Kier alpha value is -0.610. The van der Waals surface area contributed by atoms with Crippen LogP contribution in [0.1, 0.15) is 33.6 Å². The molecule has 0 fully saturated rings. The van der Waals surface area contributed by atoms with Crippen LogP contribution in [0.4, 0.5) is 0 Å². The van der Waals surface area contributed by atoms with Crippen molar-refractivity contribution in [2.45, 2.75) is 39.2 Å². The smallest absolute Gasteiger partial charge is 0.323 e. The highest BCUT2D eigenvalue weighted by Crippen LogP contribution is 2.22. The third-order valence-electron chi connectivity index (χ3n) is 3.14. The topological polar surface area (TPSA) is 49.8 Å². The number of aliphatic carboxylic acids is 1. The van der Waals surface area contributed by atoms with Crippen LogP contribution in [0.2, 0.25) is 0 Å². The third-order valence-corrected chi connectivity index (χ3v) is 3.14. The Morgan fingerprint density at radius 1 is 1.50 bits per heavy atom. The lowest BCUT2D eigenvalue weighted by Crippen LogP contribution is -2.51. The van der Waals surface area contributed by atoms with Crippen LogP contribution in [-0.2, 0) is 9.53 Å². The van der Waals surface area contributed by atoms with E-state index in [9.17, 15) is 9.90 Å². The minimum absolute atomic E-state index is 0.523. The summed E-state index contributed by atoms with van der Waals surface area (Å²) in [5.41, 5.74) is -0.789. The van der Waals surface area contributed by atoms with E-state index in [1.165, 1.54) is 0 Å². The van der Waals surface area contributed by atoms with Gasteiger partial charge in [0.05, 0.1) is 6.61 Å². The number of carboxylic acid groups (broad SMARTS) is 1. The van der Waals surface area contributed by atoms with Crippen molar-refractivity contribution in [1.29, 1.82) is 0 Å². The summed E-state index contributed by atoms with van der Waals surface area (Å²) in [4.78, 5) is 13.2. The highest BCUT2D eigenvalue weighted by atomic mass is 16.5. The highest BCUT2D eigenvalue weighted by Gasteiger charge is 2.36. The summed E-state index contributed by atoms with van der Waals surface area (Å²) in [6, 6.07) is 0. The van der Waals surface area contributed by atoms with Gasteiger partial charge in [-0.1, -0.05) is 13.8 Å². The number of hydrogen-bond acceptors (Lipinski definition) is 3. The fraction of sp³-hybridized carbons (Fsp3) is 0.917. The molecular weight excluding hydrogens is 206 g/mol. The Morgan fingerprint density at radius 2 is 2.06 bits per heavy atom. The molecule has 1 atom stereocenters. The first-order valence-corrected chi connectivity index (χ1v) is 5.78. The molecule has 4 nitrogen and oxygen atoms in total. The Morgan fingerprint density at radius 3 is 2.44 bits per heavy atom. The van der Waals surface area contributed by atoms with Gasteiger partial charge in [0.15, 0.2) is 0 Å². The minimum atomic E-state index is -0.789. The van der Waals surface area contributed by atoms with Gasteiger partial charge in [-0.25, -0.2) is 0 Å². The molecule has 0 aromatic heterocycles. The number of ether oxygens (including phenoxy) is 1. The van der Waals surface area contributed by atoms with Gasteiger partial charge in [0.25, 0.3) is 0 Å². The molecule has 0 saturated heterocycles.